The molecule has 3 unspecified atom stereocenters. The minimum absolute atomic E-state index is 0.109. The lowest BCUT2D eigenvalue weighted by atomic mass is 9.76. The summed E-state index contributed by atoms with van der Waals surface area (Å²) in [6.07, 6.45) is 8.37. The second kappa shape index (κ2) is 5.96. The van der Waals surface area contributed by atoms with Gasteiger partial charge < -0.3 is 5.73 Å². The molecule has 0 saturated heterocycles. The van der Waals surface area contributed by atoms with Crippen LogP contribution in [0.1, 0.15) is 50.8 Å². The normalized spacial score (nSPS) is 26.8. The molecule has 3 atom stereocenters. The Morgan fingerprint density at radius 1 is 1.47 bits per heavy atom. The highest BCUT2D eigenvalue weighted by Crippen LogP contribution is 2.36. The molecular weight excluding hydrogens is 276 g/mol. The average Bonchev–Trinajstić information content (AvgIpc) is 2.39. The van der Waals surface area contributed by atoms with Gasteiger partial charge >= 0.3 is 0 Å². The summed E-state index contributed by atoms with van der Waals surface area (Å²) in [5.41, 5.74) is 7.40. The summed E-state index contributed by atoms with van der Waals surface area (Å²) < 4.78 is 1.02. The quantitative estimate of drug-likeness (QED) is 0.913. The standard InChI is InChI=1S/C14H21BrN2/c1-2-10-4-3-5-11(8-10)14(16)13-7-6-12(15)9-17-13/h6-7,9-11,14H,2-5,8,16H2,1H3. The van der Waals surface area contributed by atoms with Crippen molar-refractivity contribution in [2.75, 3.05) is 0 Å². The molecule has 2 nitrogen and oxygen atoms in total. The smallest absolute Gasteiger partial charge is 0.0574 e. The van der Waals surface area contributed by atoms with Gasteiger partial charge in [-0.3, -0.25) is 4.98 Å². The molecule has 1 fully saturated rings. The van der Waals surface area contributed by atoms with E-state index < -0.39 is 0 Å². The minimum atomic E-state index is 0.109. The Balaban J connectivity index is 2.03. The predicted octanol–water partition coefficient (Wildman–Crippen LogP) is 4.06. The molecule has 0 radical (unpaired) electrons. The van der Waals surface area contributed by atoms with Crippen molar-refractivity contribution in [3.63, 3.8) is 0 Å². The SMILES string of the molecule is CCC1CCCC(C(N)c2ccc(Br)cn2)C1. The average molecular weight is 297 g/mol. The van der Waals surface area contributed by atoms with Crippen LogP contribution in [0.4, 0.5) is 0 Å². The maximum Gasteiger partial charge on any atom is 0.0574 e. The Hall–Kier alpha value is -0.410. The summed E-state index contributed by atoms with van der Waals surface area (Å²) in [5, 5.41) is 0. The number of aromatic nitrogens is 1. The van der Waals surface area contributed by atoms with Gasteiger partial charge in [0.1, 0.15) is 0 Å². The molecule has 0 aliphatic heterocycles. The lowest BCUT2D eigenvalue weighted by Crippen LogP contribution is -2.27. The Morgan fingerprint density at radius 3 is 2.94 bits per heavy atom. The molecule has 17 heavy (non-hydrogen) atoms. The maximum atomic E-state index is 6.36. The van der Waals surface area contributed by atoms with Crippen molar-refractivity contribution in [1.29, 1.82) is 0 Å². The van der Waals surface area contributed by atoms with Crippen molar-refractivity contribution < 1.29 is 0 Å². The molecule has 2 rings (SSSR count). The van der Waals surface area contributed by atoms with Gasteiger partial charge in [-0.1, -0.05) is 26.2 Å². The lowest BCUT2D eigenvalue weighted by molar-refractivity contribution is 0.228. The number of pyridine rings is 1. The van der Waals surface area contributed by atoms with E-state index in [1.807, 2.05) is 18.3 Å². The van der Waals surface area contributed by atoms with Crippen LogP contribution in [0.5, 0.6) is 0 Å². The molecule has 0 spiro atoms. The highest BCUT2D eigenvalue weighted by atomic mass is 79.9. The Kier molecular flexibility index (Phi) is 4.57. The summed E-state index contributed by atoms with van der Waals surface area (Å²) in [7, 11) is 0. The molecule has 1 aliphatic carbocycles. The van der Waals surface area contributed by atoms with Gasteiger partial charge in [-0.2, -0.15) is 0 Å². The van der Waals surface area contributed by atoms with E-state index in [9.17, 15) is 0 Å². The first-order chi connectivity index (χ1) is 8.20. The second-order valence-corrected chi connectivity index (χ2v) is 6.04. The van der Waals surface area contributed by atoms with E-state index in [2.05, 4.69) is 27.8 Å². The third-order valence-electron chi connectivity index (χ3n) is 4.00. The van der Waals surface area contributed by atoms with Gasteiger partial charge in [0.2, 0.25) is 0 Å². The third kappa shape index (κ3) is 3.29. The van der Waals surface area contributed by atoms with Crippen LogP contribution in [0.15, 0.2) is 22.8 Å². The molecule has 1 heterocycles. The summed E-state index contributed by atoms with van der Waals surface area (Å²) in [6.45, 7) is 2.29. The zero-order valence-electron chi connectivity index (χ0n) is 10.4. The number of hydrogen-bond acceptors (Lipinski definition) is 2. The van der Waals surface area contributed by atoms with Crippen LogP contribution >= 0.6 is 15.9 Å². The van der Waals surface area contributed by atoms with Crippen LogP contribution in [-0.2, 0) is 0 Å². The molecule has 2 N–H and O–H groups in total. The van der Waals surface area contributed by atoms with Crippen LogP contribution in [0.3, 0.4) is 0 Å². The number of halogens is 1. The molecule has 1 saturated carbocycles. The van der Waals surface area contributed by atoms with Crippen molar-refractivity contribution in [3.8, 4) is 0 Å². The third-order valence-corrected chi connectivity index (χ3v) is 4.47. The highest BCUT2D eigenvalue weighted by molar-refractivity contribution is 9.10. The summed E-state index contributed by atoms with van der Waals surface area (Å²) in [5.74, 6) is 1.48. The molecule has 1 aliphatic rings. The van der Waals surface area contributed by atoms with Crippen molar-refractivity contribution in [2.45, 2.75) is 45.1 Å². The van der Waals surface area contributed by atoms with E-state index in [1.165, 1.54) is 32.1 Å². The van der Waals surface area contributed by atoms with Crippen LogP contribution in [0.25, 0.3) is 0 Å². The van der Waals surface area contributed by atoms with Gasteiger partial charge in [-0.15, -0.1) is 0 Å². The Morgan fingerprint density at radius 2 is 2.29 bits per heavy atom. The van der Waals surface area contributed by atoms with E-state index in [-0.39, 0.29) is 6.04 Å². The summed E-state index contributed by atoms with van der Waals surface area (Å²) in [4.78, 5) is 4.43. The fourth-order valence-electron chi connectivity index (χ4n) is 2.86. The molecule has 0 aromatic carbocycles. The molecule has 0 amide bonds. The van der Waals surface area contributed by atoms with Gasteiger partial charge in [0.05, 0.1) is 5.69 Å². The zero-order valence-corrected chi connectivity index (χ0v) is 12.0. The number of hydrogen-bond donors (Lipinski definition) is 1. The van der Waals surface area contributed by atoms with Crippen molar-refractivity contribution in [1.82, 2.24) is 4.98 Å². The Labute approximate surface area is 112 Å². The first-order valence-electron chi connectivity index (χ1n) is 6.57. The predicted molar refractivity (Wildman–Crippen MR) is 74.6 cm³/mol. The number of rotatable bonds is 3. The van der Waals surface area contributed by atoms with Crippen LogP contribution < -0.4 is 5.73 Å². The molecule has 3 heteroatoms. The first kappa shape index (κ1) is 13.0. The van der Waals surface area contributed by atoms with E-state index >= 15 is 0 Å². The maximum absolute atomic E-state index is 6.36. The van der Waals surface area contributed by atoms with E-state index in [4.69, 9.17) is 5.73 Å². The van der Waals surface area contributed by atoms with Crippen molar-refractivity contribution in [2.24, 2.45) is 17.6 Å². The van der Waals surface area contributed by atoms with Gasteiger partial charge in [-0.05, 0) is 52.7 Å². The van der Waals surface area contributed by atoms with Crippen LogP contribution in [0.2, 0.25) is 0 Å². The second-order valence-electron chi connectivity index (χ2n) is 5.13. The number of nitrogens with two attached hydrogens (primary N) is 1. The summed E-state index contributed by atoms with van der Waals surface area (Å²) >= 11 is 3.41. The fourth-order valence-corrected chi connectivity index (χ4v) is 3.09. The van der Waals surface area contributed by atoms with Crippen LogP contribution in [0, 0.1) is 11.8 Å². The van der Waals surface area contributed by atoms with Gasteiger partial charge in [0.25, 0.3) is 0 Å². The van der Waals surface area contributed by atoms with E-state index in [1.54, 1.807) is 0 Å². The van der Waals surface area contributed by atoms with Gasteiger partial charge in [0, 0.05) is 16.7 Å². The molecule has 1 aromatic rings. The van der Waals surface area contributed by atoms with E-state index in [0.29, 0.717) is 5.92 Å². The zero-order chi connectivity index (χ0) is 12.3. The van der Waals surface area contributed by atoms with E-state index in [0.717, 1.165) is 16.1 Å². The minimum Gasteiger partial charge on any atom is -0.322 e. The molecular formula is C14H21BrN2. The number of nitrogens with zero attached hydrogens (tertiary/aromatic N) is 1. The van der Waals surface area contributed by atoms with Crippen molar-refractivity contribution in [3.05, 3.63) is 28.5 Å². The molecule has 94 valence electrons. The fraction of sp³-hybridized carbons (Fsp3) is 0.643. The van der Waals surface area contributed by atoms with Gasteiger partial charge in [-0.25, -0.2) is 0 Å². The lowest BCUT2D eigenvalue weighted by Gasteiger charge is -2.32. The molecule has 0 bridgehead atoms. The van der Waals surface area contributed by atoms with Crippen LogP contribution in [-0.4, -0.2) is 4.98 Å². The highest BCUT2D eigenvalue weighted by Gasteiger charge is 2.27. The largest absolute Gasteiger partial charge is 0.322 e. The monoisotopic (exact) mass is 296 g/mol. The van der Waals surface area contributed by atoms with Gasteiger partial charge in [0.15, 0.2) is 0 Å². The summed E-state index contributed by atoms with van der Waals surface area (Å²) in [6, 6.07) is 4.18. The first-order valence-corrected chi connectivity index (χ1v) is 7.37. The Bertz CT molecular complexity index is 350. The topological polar surface area (TPSA) is 38.9 Å². The van der Waals surface area contributed by atoms with Crippen molar-refractivity contribution >= 4 is 15.9 Å². The molecule has 1 aromatic heterocycles.